The molecule has 2 heteroatoms. The van der Waals surface area contributed by atoms with E-state index in [1.165, 1.54) is 5.69 Å². The standard InChI is InChI=1S/C8H12N2/c9-7-3-4-8-2-1-5-10(8)6-7/h1-2,5,7H,3-4,6,9H2. The molecular formula is C8H12N2. The van der Waals surface area contributed by atoms with Gasteiger partial charge in [0.1, 0.15) is 0 Å². The highest BCUT2D eigenvalue weighted by molar-refractivity contribution is 5.10. The first-order chi connectivity index (χ1) is 4.86. The maximum absolute atomic E-state index is 5.79. The first kappa shape index (κ1) is 5.98. The highest BCUT2D eigenvalue weighted by Crippen LogP contribution is 2.13. The van der Waals surface area contributed by atoms with Crippen LogP contribution in [0.2, 0.25) is 0 Å². The second-order valence-electron chi connectivity index (χ2n) is 2.95. The average molecular weight is 136 g/mol. The van der Waals surface area contributed by atoms with Crippen LogP contribution in [0.5, 0.6) is 0 Å². The van der Waals surface area contributed by atoms with Gasteiger partial charge in [-0.25, -0.2) is 0 Å². The lowest BCUT2D eigenvalue weighted by atomic mass is 10.1. The van der Waals surface area contributed by atoms with Crippen molar-refractivity contribution < 1.29 is 0 Å². The second kappa shape index (κ2) is 2.13. The van der Waals surface area contributed by atoms with E-state index in [4.69, 9.17) is 5.73 Å². The van der Waals surface area contributed by atoms with E-state index in [2.05, 4.69) is 22.9 Å². The molecule has 0 bridgehead atoms. The Morgan fingerprint density at radius 3 is 3.40 bits per heavy atom. The largest absolute Gasteiger partial charge is 0.350 e. The van der Waals surface area contributed by atoms with E-state index < -0.39 is 0 Å². The predicted molar refractivity (Wildman–Crippen MR) is 40.7 cm³/mol. The van der Waals surface area contributed by atoms with Crippen molar-refractivity contribution in [2.24, 2.45) is 5.73 Å². The third-order valence-electron chi connectivity index (χ3n) is 2.13. The zero-order valence-electron chi connectivity index (χ0n) is 5.96. The molecule has 1 aliphatic heterocycles. The van der Waals surface area contributed by atoms with Gasteiger partial charge >= 0.3 is 0 Å². The Kier molecular flexibility index (Phi) is 1.27. The SMILES string of the molecule is NC1CCc2cccn2C1. The summed E-state index contributed by atoms with van der Waals surface area (Å²) in [6.45, 7) is 1.00. The fourth-order valence-electron chi connectivity index (χ4n) is 1.53. The van der Waals surface area contributed by atoms with Gasteiger partial charge in [-0.05, 0) is 25.0 Å². The molecule has 1 unspecified atom stereocenters. The van der Waals surface area contributed by atoms with Crippen LogP contribution in [0.25, 0.3) is 0 Å². The van der Waals surface area contributed by atoms with E-state index in [1.807, 2.05) is 0 Å². The molecule has 2 rings (SSSR count). The van der Waals surface area contributed by atoms with Crippen LogP contribution in [0.3, 0.4) is 0 Å². The van der Waals surface area contributed by atoms with Gasteiger partial charge in [0, 0.05) is 24.5 Å². The lowest BCUT2D eigenvalue weighted by molar-refractivity contribution is 0.461. The summed E-state index contributed by atoms with van der Waals surface area (Å²) < 4.78 is 2.24. The van der Waals surface area contributed by atoms with E-state index in [9.17, 15) is 0 Å². The van der Waals surface area contributed by atoms with Crippen molar-refractivity contribution in [2.45, 2.75) is 25.4 Å². The molecule has 1 aliphatic rings. The summed E-state index contributed by atoms with van der Waals surface area (Å²) in [7, 11) is 0. The number of fused-ring (bicyclic) bond motifs is 1. The molecule has 54 valence electrons. The van der Waals surface area contributed by atoms with Crippen molar-refractivity contribution in [3.63, 3.8) is 0 Å². The number of aromatic nitrogens is 1. The summed E-state index contributed by atoms with van der Waals surface area (Å²) in [5, 5.41) is 0. The molecule has 1 atom stereocenters. The van der Waals surface area contributed by atoms with E-state index in [0.717, 1.165) is 19.4 Å². The monoisotopic (exact) mass is 136 g/mol. The van der Waals surface area contributed by atoms with Crippen LogP contribution in [0.15, 0.2) is 18.3 Å². The topological polar surface area (TPSA) is 30.9 Å². The first-order valence-corrected chi connectivity index (χ1v) is 3.76. The van der Waals surface area contributed by atoms with Crippen molar-refractivity contribution in [3.8, 4) is 0 Å². The normalized spacial score (nSPS) is 24.3. The molecular weight excluding hydrogens is 124 g/mol. The van der Waals surface area contributed by atoms with E-state index in [-0.39, 0.29) is 0 Å². The van der Waals surface area contributed by atoms with Crippen LogP contribution >= 0.6 is 0 Å². The summed E-state index contributed by atoms with van der Waals surface area (Å²) in [5.74, 6) is 0. The molecule has 0 amide bonds. The third-order valence-corrected chi connectivity index (χ3v) is 2.13. The fraction of sp³-hybridized carbons (Fsp3) is 0.500. The number of rotatable bonds is 0. The smallest absolute Gasteiger partial charge is 0.0374 e. The van der Waals surface area contributed by atoms with Gasteiger partial charge in [0.15, 0.2) is 0 Å². The lowest BCUT2D eigenvalue weighted by Gasteiger charge is -2.20. The summed E-state index contributed by atoms with van der Waals surface area (Å²) in [5.41, 5.74) is 7.22. The van der Waals surface area contributed by atoms with Gasteiger partial charge < -0.3 is 10.3 Å². The van der Waals surface area contributed by atoms with Gasteiger partial charge in [-0.2, -0.15) is 0 Å². The van der Waals surface area contributed by atoms with Crippen LogP contribution in [-0.4, -0.2) is 10.6 Å². The maximum Gasteiger partial charge on any atom is 0.0374 e. The zero-order chi connectivity index (χ0) is 6.97. The summed E-state index contributed by atoms with van der Waals surface area (Å²) >= 11 is 0. The number of nitrogens with zero attached hydrogens (tertiary/aromatic N) is 1. The van der Waals surface area contributed by atoms with Crippen molar-refractivity contribution in [3.05, 3.63) is 24.0 Å². The molecule has 0 aliphatic carbocycles. The molecule has 2 N–H and O–H groups in total. The first-order valence-electron chi connectivity index (χ1n) is 3.76. The molecule has 2 heterocycles. The van der Waals surface area contributed by atoms with Crippen LogP contribution < -0.4 is 5.73 Å². The lowest BCUT2D eigenvalue weighted by Crippen LogP contribution is -2.31. The van der Waals surface area contributed by atoms with E-state index in [1.54, 1.807) is 0 Å². The van der Waals surface area contributed by atoms with Crippen molar-refractivity contribution in [1.82, 2.24) is 4.57 Å². The van der Waals surface area contributed by atoms with Crippen molar-refractivity contribution in [1.29, 1.82) is 0 Å². The number of hydrogen-bond acceptors (Lipinski definition) is 1. The Balaban J connectivity index is 2.30. The maximum atomic E-state index is 5.79. The number of aryl methyl sites for hydroxylation is 1. The van der Waals surface area contributed by atoms with Crippen LogP contribution in [0.1, 0.15) is 12.1 Å². The van der Waals surface area contributed by atoms with Gasteiger partial charge in [-0.15, -0.1) is 0 Å². The fourth-order valence-corrected chi connectivity index (χ4v) is 1.53. The number of hydrogen-bond donors (Lipinski definition) is 1. The van der Waals surface area contributed by atoms with Gasteiger partial charge in [0.05, 0.1) is 0 Å². The third kappa shape index (κ3) is 0.847. The minimum Gasteiger partial charge on any atom is -0.350 e. The Morgan fingerprint density at radius 2 is 2.50 bits per heavy atom. The summed E-state index contributed by atoms with van der Waals surface area (Å²) in [6, 6.07) is 4.64. The summed E-state index contributed by atoms with van der Waals surface area (Å²) in [6.07, 6.45) is 4.40. The Bertz CT molecular complexity index is 227. The van der Waals surface area contributed by atoms with Crippen LogP contribution in [0.4, 0.5) is 0 Å². The van der Waals surface area contributed by atoms with E-state index >= 15 is 0 Å². The number of nitrogens with two attached hydrogens (primary N) is 1. The Hall–Kier alpha value is -0.760. The molecule has 0 aromatic carbocycles. The molecule has 0 fully saturated rings. The molecule has 0 saturated carbocycles. The second-order valence-corrected chi connectivity index (χ2v) is 2.95. The predicted octanol–water partition coefficient (Wildman–Crippen LogP) is 0.762. The van der Waals surface area contributed by atoms with Gasteiger partial charge in [0.2, 0.25) is 0 Å². The molecule has 10 heavy (non-hydrogen) atoms. The molecule has 0 saturated heterocycles. The minimum absolute atomic E-state index is 0.375. The Morgan fingerprint density at radius 1 is 1.60 bits per heavy atom. The quantitative estimate of drug-likeness (QED) is 0.561. The molecule has 2 nitrogen and oxygen atoms in total. The molecule has 1 aromatic heterocycles. The zero-order valence-corrected chi connectivity index (χ0v) is 5.96. The minimum atomic E-state index is 0.375. The van der Waals surface area contributed by atoms with Crippen molar-refractivity contribution >= 4 is 0 Å². The van der Waals surface area contributed by atoms with E-state index in [0.29, 0.717) is 6.04 Å². The average Bonchev–Trinajstić information content (AvgIpc) is 2.33. The molecule has 0 spiro atoms. The van der Waals surface area contributed by atoms with Crippen molar-refractivity contribution in [2.75, 3.05) is 0 Å². The van der Waals surface area contributed by atoms with Gasteiger partial charge in [0.25, 0.3) is 0 Å². The highest BCUT2D eigenvalue weighted by Gasteiger charge is 2.12. The van der Waals surface area contributed by atoms with Gasteiger partial charge in [-0.3, -0.25) is 0 Å². The molecule has 1 aromatic rings. The Labute approximate surface area is 60.6 Å². The van der Waals surface area contributed by atoms with Crippen LogP contribution in [-0.2, 0) is 13.0 Å². The molecule has 0 radical (unpaired) electrons. The highest BCUT2D eigenvalue weighted by atomic mass is 15.0. The van der Waals surface area contributed by atoms with Gasteiger partial charge in [-0.1, -0.05) is 0 Å². The van der Waals surface area contributed by atoms with Crippen LogP contribution in [0, 0.1) is 0 Å². The summed E-state index contributed by atoms with van der Waals surface area (Å²) in [4.78, 5) is 0.